The van der Waals surface area contributed by atoms with Crippen molar-refractivity contribution in [2.24, 2.45) is 12.8 Å². The van der Waals surface area contributed by atoms with Crippen LogP contribution in [0.2, 0.25) is 0 Å². The lowest BCUT2D eigenvalue weighted by molar-refractivity contribution is 0.635. The van der Waals surface area contributed by atoms with Crippen molar-refractivity contribution >= 4 is 17.6 Å². The van der Waals surface area contributed by atoms with Gasteiger partial charge < -0.3 is 10.6 Å². The Morgan fingerprint density at radius 3 is 2.50 bits per heavy atom. The summed E-state index contributed by atoms with van der Waals surface area (Å²) in [5, 5.41) is 5.97. The van der Waals surface area contributed by atoms with Crippen molar-refractivity contribution in [3.05, 3.63) is 11.3 Å². The highest BCUT2D eigenvalue weighted by Gasteiger charge is 2.27. The third kappa shape index (κ3) is 3.31. The highest BCUT2D eigenvalue weighted by atomic mass is 32.2. The molecular formula is C15H28N4S. The molecule has 2 rings (SSSR count). The van der Waals surface area contributed by atoms with E-state index in [2.05, 4.69) is 56.5 Å². The average molecular weight is 296 g/mol. The standard InChI is InChI=1S/C15H28N4S/c1-6-13(16)7-14-12(4)17-18(5)15(14)19-8-10(2)20-11(3)9-19/h10-11,13H,6-9,16H2,1-5H3. The minimum Gasteiger partial charge on any atom is -0.354 e. The molecule has 1 aliphatic heterocycles. The van der Waals surface area contributed by atoms with E-state index in [4.69, 9.17) is 5.73 Å². The third-order valence-corrected chi connectivity index (χ3v) is 5.25. The highest BCUT2D eigenvalue weighted by Crippen LogP contribution is 2.32. The van der Waals surface area contributed by atoms with Gasteiger partial charge in [-0.1, -0.05) is 20.8 Å². The fraction of sp³-hybridized carbons (Fsp3) is 0.800. The van der Waals surface area contributed by atoms with Crippen LogP contribution in [0, 0.1) is 6.92 Å². The summed E-state index contributed by atoms with van der Waals surface area (Å²) in [6, 6.07) is 0.227. The fourth-order valence-corrected chi connectivity index (χ4v) is 4.41. The van der Waals surface area contributed by atoms with Gasteiger partial charge in [0.2, 0.25) is 0 Å². The van der Waals surface area contributed by atoms with Crippen LogP contribution in [0.1, 0.15) is 38.4 Å². The molecule has 1 fully saturated rings. The Labute approximate surface area is 127 Å². The molecule has 0 aliphatic carbocycles. The SMILES string of the molecule is CCC(N)Cc1c(C)nn(C)c1N1CC(C)SC(C)C1. The first-order valence-electron chi connectivity index (χ1n) is 7.60. The van der Waals surface area contributed by atoms with Gasteiger partial charge in [-0.15, -0.1) is 0 Å². The molecule has 0 radical (unpaired) electrons. The molecule has 20 heavy (non-hydrogen) atoms. The summed E-state index contributed by atoms with van der Waals surface area (Å²) in [7, 11) is 2.06. The normalized spacial score (nSPS) is 25.0. The fourth-order valence-electron chi connectivity index (χ4n) is 3.08. The molecule has 3 atom stereocenters. The monoisotopic (exact) mass is 296 g/mol. The zero-order valence-electron chi connectivity index (χ0n) is 13.4. The summed E-state index contributed by atoms with van der Waals surface area (Å²) in [6.07, 6.45) is 1.94. The predicted molar refractivity (Wildman–Crippen MR) is 88.6 cm³/mol. The largest absolute Gasteiger partial charge is 0.354 e. The molecule has 0 bridgehead atoms. The Kier molecular flexibility index (Phi) is 5.02. The Balaban J connectivity index is 2.30. The molecule has 0 saturated carbocycles. The molecule has 2 heterocycles. The quantitative estimate of drug-likeness (QED) is 0.926. The van der Waals surface area contributed by atoms with Crippen molar-refractivity contribution in [1.82, 2.24) is 9.78 Å². The molecule has 1 aromatic rings. The molecule has 4 nitrogen and oxygen atoms in total. The van der Waals surface area contributed by atoms with Gasteiger partial charge in [0.1, 0.15) is 5.82 Å². The maximum Gasteiger partial charge on any atom is 0.130 e. The first-order chi connectivity index (χ1) is 9.42. The van der Waals surface area contributed by atoms with Crippen LogP contribution in [0.15, 0.2) is 0 Å². The maximum absolute atomic E-state index is 6.18. The summed E-state index contributed by atoms with van der Waals surface area (Å²) >= 11 is 2.08. The molecule has 5 heteroatoms. The molecule has 1 aromatic heterocycles. The van der Waals surface area contributed by atoms with E-state index >= 15 is 0 Å². The van der Waals surface area contributed by atoms with Crippen molar-refractivity contribution in [3.8, 4) is 0 Å². The lowest BCUT2D eigenvalue weighted by Gasteiger charge is -2.36. The number of rotatable bonds is 4. The summed E-state index contributed by atoms with van der Waals surface area (Å²) in [5.41, 5.74) is 8.65. The minimum absolute atomic E-state index is 0.227. The van der Waals surface area contributed by atoms with Gasteiger partial charge in [0.25, 0.3) is 0 Å². The van der Waals surface area contributed by atoms with Crippen molar-refractivity contribution in [2.45, 2.75) is 57.1 Å². The second-order valence-corrected chi connectivity index (χ2v) is 7.93. The number of aromatic nitrogens is 2. The van der Waals surface area contributed by atoms with Crippen LogP contribution in [-0.2, 0) is 13.5 Å². The van der Waals surface area contributed by atoms with Gasteiger partial charge in [-0.05, 0) is 19.8 Å². The van der Waals surface area contributed by atoms with Gasteiger partial charge in [0, 0.05) is 42.2 Å². The van der Waals surface area contributed by atoms with Crippen LogP contribution in [0.4, 0.5) is 5.82 Å². The molecule has 3 unspecified atom stereocenters. The van der Waals surface area contributed by atoms with Gasteiger partial charge in [0.15, 0.2) is 0 Å². The van der Waals surface area contributed by atoms with E-state index in [9.17, 15) is 0 Å². The van der Waals surface area contributed by atoms with E-state index in [0.29, 0.717) is 10.5 Å². The van der Waals surface area contributed by atoms with E-state index in [-0.39, 0.29) is 6.04 Å². The van der Waals surface area contributed by atoms with Crippen LogP contribution in [0.25, 0.3) is 0 Å². The Morgan fingerprint density at radius 1 is 1.35 bits per heavy atom. The van der Waals surface area contributed by atoms with Crippen LogP contribution >= 0.6 is 11.8 Å². The topological polar surface area (TPSA) is 47.1 Å². The van der Waals surface area contributed by atoms with Gasteiger partial charge in [-0.25, -0.2) is 0 Å². The molecule has 0 aromatic carbocycles. The molecule has 2 N–H and O–H groups in total. The number of aryl methyl sites for hydroxylation is 2. The second-order valence-electron chi connectivity index (χ2n) is 6.05. The third-order valence-electron chi connectivity index (χ3n) is 4.02. The van der Waals surface area contributed by atoms with Gasteiger partial charge in [0.05, 0.1) is 5.69 Å². The van der Waals surface area contributed by atoms with Gasteiger partial charge >= 0.3 is 0 Å². The molecule has 1 aliphatic rings. The first-order valence-corrected chi connectivity index (χ1v) is 8.55. The van der Waals surface area contributed by atoms with E-state index < -0.39 is 0 Å². The van der Waals surface area contributed by atoms with Crippen molar-refractivity contribution < 1.29 is 0 Å². The number of nitrogens with zero attached hydrogens (tertiary/aromatic N) is 3. The molecule has 0 amide bonds. The molecule has 1 saturated heterocycles. The minimum atomic E-state index is 0.227. The highest BCUT2D eigenvalue weighted by molar-refractivity contribution is 8.00. The van der Waals surface area contributed by atoms with Crippen molar-refractivity contribution in [3.63, 3.8) is 0 Å². The summed E-state index contributed by atoms with van der Waals surface area (Å²) in [4.78, 5) is 2.50. The van der Waals surface area contributed by atoms with Gasteiger partial charge in [-0.3, -0.25) is 4.68 Å². The van der Waals surface area contributed by atoms with Crippen LogP contribution in [0.3, 0.4) is 0 Å². The summed E-state index contributed by atoms with van der Waals surface area (Å²) in [6.45, 7) is 11.1. The maximum atomic E-state index is 6.18. The van der Waals surface area contributed by atoms with E-state index in [1.165, 1.54) is 11.4 Å². The van der Waals surface area contributed by atoms with Crippen LogP contribution in [0.5, 0.6) is 0 Å². The Hall–Kier alpha value is -0.680. The number of hydrogen-bond donors (Lipinski definition) is 1. The van der Waals surface area contributed by atoms with Crippen LogP contribution in [-0.4, -0.2) is 39.4 Å². The lowest BCUT2D eigenvalue weighted by atomic mass is 10.0. The second kappa shape index (κ2) is 6.39. The Bertz CT molecular complexity index is 447. The molecule has 0 spiro atoms. The predicted octanol–water partition coefficient (Wildman–Crippen LogP) is 2.34. The lowest BCUT2D eigenvalue weighted by Crippen LogP contribution is -2.42. The zero-order valence-corrected chi connectivity index (χ0v) is 14.2. The van der Waals surface area contributed by atoms with Crippen molar-refractivity contribution in [2.75, 3.05) is 18.0 Å². The number of hydrogen-bond acceptors (Lipinski definition) is 4. The number of thioether (sulfide) groups is 1. The summed E-state index contributed by atoms with van der Waals surface area (Å²) in [5.74, 6) is 1.28. The number of anilines is 1. The Morgan fingerprint density at radius 2 is 1.95 bits per heavy atom. The van der Waals surface area contributed by atoms with E-state index in [0.717, 1.165) is 31.6 Å². The average Bonchev–Trinajstić information content (AvgIpc) is 2.62. The first kappa shape index (κ1) is 15.7. The van der Waals surface area contributed by atoms with Crippen LogP contribution < -0.4 is 10.6 Å². The smallest absolute Gasteiger partial charge is 0.130 e. The van der Waals surface area contributed by atoms with E-state index in [1.54, 1.807) is 0 Å². The van der Waals surface area contributed by atoms with Gasteiger partial charge in [-0.2, -0.15) is 16.9 Å². The molecule has 114 valence electrons. The summed E-state index contributed by atoms with van der Waals surface area (Å²) < 4.78 is 2.04. The number of nitrogens with two attached hydrogens (primary N) is 1. The zero-order chi connectivity index (χ0) is 14.9. The molecular weight excluding hydrogens is 268 g/mol. The van der Waals surface area contributed by atoms with E-state index in [1.807, 2.05) is 4.68 Å². The van der Waals surface area contributed by atoms with Crippen molar-refractivity contribution in [1.29, 1.82) is 0 Å².